The molecule has 1 rings (SSSR count). The molecule has 0 heterocycles. The van der Waals surface area contributed by atoms with Crippen LogP contribution in [-0.4, -0.2) is 21.3 Å². The number of hydrogen-bond acceptors (Lipinski definition) is 4. The van der Waals surface area contributed by atoms with Crippen molar-refractivity contribution in [3.8, 4) is 17.2 Å². The van der Waals surface area contributed by atoms with E-state index in [2.05, 4.69) is 12.6 Å². The zero-order valence-electron chi connectivity index (χ0n) is 9.40. The molecule has 0 N–H and O–H groups in total. The molecule has 15 heavy (non-hydrogen) atoms. The summed E-state index contributed by atoms with van der Waals surface area (Å²) in [6.45, 7) is 1.99. The molecule has 0 radical (unpaired) electrons. The van der Waals surface area contributed by atoms with E-state index in [1.54, 1.807) is 21.3 Å². The van der Waals surface area contributed by atoms with Crippen molar-refractivity contribution in [2.75, 3.05) is 21.3 Å². The van der Waals surface area contributed by atoms with E-state index in [9.17, 15) is 0 Å². The topological polar surface area (TPSA) is 27.7 Å². The number of benzene rings is 1. The van der Waals surface area contributed by atoms with Crippen LogP contribution in [0.4, 0.5) is 0 Å². The monoisotopic (exact) mass is 228 g/mol. The molecular weight excluding hydrogens is 212 g/mol. The van der Waals surface area contributed by atoms with Gasteiger partial charge in [-0.15, -0.1) is 0 Å². The first-order valence-corrected chi connectivity index (χ1v) is 5.13. The van der Waals surface area contributed by atoms with E-state index in [1.165, 1.54) is 0 Å². The maximum absolute atomic E-state index is 5.23. The van der Waals surface area contributed by atoms with Crippen LogP contribution < -0.4 is 14.2 Å². The van der Waals surface area contributed by atoms with E-state index in [1.807, 2.05) is 19.1 Å². The van der Waals surface area contributed by atoms with Crippen molar-refractivity contribution in [2.24, 2.45) is 0 Å². The summed E-state index contributed by atoms with van der Waals surface area (Å²) in [6.07, 6.45) is 0. The van der Waals surface area contributed by atoms with Crippen LogP contribution in [0.3, 0.4) is 0 Å². The van der Waals surface area contributed by atoms with E-state index in [4.69, 9.17) is 14.2 Å². The molecule has 0 aliphatic rings. The highest BCUT2D eigenvalue weighted by molar-refractivity contribution is 7.80. The second-order valence-electron chi connectivity index (χ2n) is 3.13. The van der Waals surface area contributed by atoms with Gasteiger partial charge in [0, 0.05) is 5.25 Å². The molecule has 0 saturated heterocycles. The average Bonchev–Trinajstić information content (AvgIpc) is 2.26. The summed E-state index contributed by atoms with van der Waals surface area (Å²) >= 11 is 4.37. The fourth-order valence-electron chi connectivity index (χ4n) is 1.34. The molecule has 0 aliphatic carbocycles. The lowest BCUT2D eigenvalue weighted by molar-refractivity contribution is 0.324. The number of hydrogen-bond donors (Lipinski definition) is 1. The molecule has 1 aromatic carbocycles. The van der Waals surface area contributed by atoms with Gasteiger partial charge in [0.25, 0.3) is 0 Å². The minimum absolute atomic E-state index is 0.124. The molecule has 3 nitrogen and oxygen atoms in total. The van der Waals surface area contributed by atoms with Crippen molar-refractivity contribution in [3.05, 3.63) is 17.7 Å². The quantitative estimate of drug-likeness (QED) is 0.803. The van der Waals surface area contributed by atoms with Crippen molar-refractivity contribution in [2.45, 2.75) is 12.2 Å². The van der Waals surface area contributed by atoms with Gasteiger partial charge in [-0.1, -0.05) is 0 Å². The molecule has 0 aromatic heterocycles. The van der Waals surface area contributed by atoms with Gasteiger partial charge in [-0.25, -0.2) is 0 Å². The third-order valence-corrected chi connectivity index (χ3v) is 2.47. The Hall–Kier alpha value is -1.03. The summed E-state index contributed by atoms with van der Waals surface area (Å²) in [6, 6.07) is 3.80. The number of rotatable bonds is 4. The van der Waals surface area contributed by atoms with Crippen molar-refractivity contribution in [3.63, 3.8) is 0 Å². The summed E-state index contributed by atoms with van der Waals surface area (Å²) < 4.78 is 15.7. The van der Waals surface area contributed by atoms with Crippen LogP contribution in [0.2, 0.25) is 0 Å². The van der Waals surface area contributed by atoms with Crippen molar-refractivity contribution in [1.82, 2.24) is 0 Å². The predicted octanol–water partition coefficient (Wildman–Crippen LogP) is 2.70. The fraction of sp³-hybridized carbons (Fsp3) is 0.455. The first-order valence-electron chi connectivity index (χ1n) is 4.62. The van der Waals surface area contributed by atoms with Gasteiger partial charge in [0.05, 0.1) is 21.3 Å². The lowest BCUT2D eigenvalue weighted by atomic mass is 10.1. The van der Waals surface area contributed by atoms with Gasteiger partial charge < -0.3 is 14.2 Å². The zero-order valence-corrected chi connectivity index (χ0v) is 10.3. The van der Waals surface area contributed by atoms with E-state index in [-0.39, 0.29) is 5.25 Å². The Balaban J connectivity index is 3.29. The molecular formula is C11H16O3S. The predicted molar refractivity (Wildman–Crippen MR) is 63.5 cm³/mol. The maximum Gasteiger partial charge on any atom is 0.203 e. The summed E-state index contributed by atoms with van der Waals surface area (Å²) in [4.78, 5) is 0. The molecule has 0 fully saturated rings. The van der Waals surface area contributed by atoms with Gasteiger partial charge in [0.2, 0.25) is 5.75 Å². The number of thiol groups is 1. The van der Waals surface area contributed by atoms with Crippen LogP contribution in [-0.2, 0) is 0 Å². The third-order valence-electron chi connectivity index (χ3n) is 2.17. The van der Waals surface area contributed by atoms with Crippen LogP contribution in [0.5, 0.6) is 17.2 Å². The lowest BCUT2D eigenvalue weighted by Crippen LogP contribution is -1.97. The highest BCUT2D eigenvalue weighted by Crippen LogP contribution is 2.40. The molecule has 1 atom stereocenters. The third kappa shape index (κ3) is 2.50. The second kappa shape index (κ2) is 5.16. The first kappa shape index (κ1) is 12.0. The van der Waals surface area contributed by atoms with Crippen LogP contribution >= 0.6 is 12.6 Å². The Morgan fingerprint density at radius 2 is 1.47 bits per heavy atom. The van der Waals surface area contributed by atoms with Crippen molar-refractivity contribution < 1.29 is 14.2 Å². The average molecular weight is 228 g/mol. The normalized spacial score (nSPS) is 12.1. The Kier molecular flexibility index (Phi) is 4.15. The van der Waals surface area contributed by atoms with E-state index in [0.29, 0.717) is 17.2 Å². The van der Waals surface area contributed by atoms with Gasteiger partial charge in [0.1, 0.15) is 0 Å². The van der Waals surface area contributed by atoms with Crippen LogP contribution in [0.25, 0.3) is 0 Å². The summed E-state index contributed by atoms with van der Waals surface area (Å²) in [7, 11) is 4.79. The van der Waals surface area contributed by atoms with E-state index in [0.717, 1.165) is 5.56 Å². The minimum Gasteiger partial charge on any atom is -0.493 e. The molecule has 0 bridgehead atoms. The van der Waals surface area contributed by atoms with Gasteiger partial charge in [-0.3, -0.25) is 0 Å². The minimum atomic E-state index is 0.124. The Morgan fingerprint density at radius 3 is 1.73 bits per heavy atom. The van der Waals surface area contributed by atoms with Gasteiger partial charge in [-0.05, 0) is 24.6 Å². The lowest BCUT2D eigenvalue weighted by Gasteiger charge is -2.15. The van der Waals surface area contributed by atoms with Crippen LogP contribution in [0.15, 0.2) is 12.1 Å². The second-order valence-corrected chi connectivity index (χ2v) is 3.91. The maximum atomic E-state index is 5.23. The first-order chi connectivity index (χ1) is 7.13. The highest BCUT2D eigenvalue weighted by Gasteiger charge is 2.14. The SMILES string of the molecule is COc1cc(C(C)S)cc(OC)c1OC. The van der Waals surface area contributed by atoms with Gasteiger partial charge in [0.15, 0.2) is 11.5 Å². The van der Waals surface area contributed by atoms with Crippen molar-refractivity contribution >= 4 is 12.6 Å². The highest BCUT2D eigenvalue weighted by atomic mass is 32.1. The number of ether oxygens (including phenoxy) is 3. The largest absolute Gasteiger partial charge is 0.493 e. The fourth-order valence-corrected chi connectivity index (χ4v) is 1.49. The zero-order chi connectivity index (χ0) is 11.4. The Labute approximate surface area is 95.8 Å². The molecule has 4 heteroatoms. The summed E-state index contributed by atoms with van der Waals surface area (Å²) in [5, 5.41) is 0.124. The molecule has 0 saturated carbocycles. The molecule has 1 aromatic rings. The Morgan fingerprint density at radius 1 is 1.00 bits per heavy atom. The van der Waals surface area contributed by atoms with Gasteiger partial charge in [-0.2, -0.15) is 12.6 Å². The molecule has 0 aliphatic heterocycles. The van der Waals surface area contributed by atoms with Crippen molar-refractivity contribution in [1.29, 1.82) is 0 Å². The molecule has 84 valence electrons. The smallest absolute Gasteiger partial charge is 0.203 e. The summed E-state index contributed by atoms with van der Waals surface area (Å²) in [5.41, 5.74) is 1.04. The molecule has 1 unspecified atom stereocenters. The molecule has 0 spiro atoms. The van der Waals surface area contributed by atoms with E-state index < -0.39 is 0 Å². The molecule has 0 amide bonds. The Bertz CT molecular complexity index is 312. The number of methoxy groups -OCH3 is 3. The standard InChI is InChI=1S/C11H16O3S/c1-7(15)8-5-9(12-2)11(14-4)10(6-8)13-3/h5-7,15H,1-4H3. The summed E-state index contributed by atoms with van der Waals surface area (Å²) in [5.74, 6) is 1.93. The van der Waals surface area contributed by atoms with Crippen LogP contribution in [0, 0.1) is 0 Å². The van der Waals surface area contributed by atoms with Gasteiger partial charge >= 0.3 is 0 Å². The van der Waals surface area contributed by atoms with E-state index >= 15 is 0 Å². The van der Waals surface area contributed by atoms with Crippen LogP contribution in [0.1, 0.15) is 17.7 Å².